The molecule has 0 amide bonds. The summed E-state index contributed by atoms with van der Waals surface area (Å²) in [6.45, 7) is 1.98. The molecule has 0 aliphatic rings. The molecule has 1 rings (SSSR count). The monoisotopic (exact) mass is 144 g/mol. The molecule has 54 valence electrons. The van der Waals surface area contributed by atoms with Crippen molar-refractivity contribution >= 4 is 6.08 Å². The summed E-state index contributed by atoms with van der Waals surface area (Å²) in [7, 11) is 0. The Kier molecular flexibility index (Phi) is 2.40. The third-order valence-electron chi connectivity index (χ3n) is 1.26. The first-order valence-corrected chi connectivity index (χ1v) is 3.32. The van der Waals surface area contributed by atoms with E-state index in [1.54, 1.807) is 12.3 Å². The van der Waals surface area contributed by atoms with Gasteiger partial charge in [0.05, 0.1) is 11.8 Å². The molecular formula is C9H8N2. The van der Waals surface area contributed by atoms with E-state index in [1.807, 2.05) is 25.1 Å². The van der Waals surface area contributed by atoms with E-state index in [-0.39, 0.29) is 0 Å². The van der Waals surface area contributed by atoms with E-state index in [1.165, 1.54) is 6.08 Å². The van der Waals surface area contributed by atoms with Gasteiger partial charge >= 0.3 is 0 Å². The van der Waals surface area contributed by atoms with Gasteiger partial charge in [0.1, 0.15) is 0 Å². The molecule has 11 heavy (non-hydrogen) atoms. The van der Waals surface area contributed by atoms with Crippen LogP contribution in [0.15, 0.2) is 24.4 Å². The highest BCUT2D eigenvalue weighted by Gasteiger charge is 1.85. The summed E-state index contributed by atoms with van der Waals surface area (Å²) in [4.78, 5) is 4.08. The van der Waals surface area contributed by atoms with Crippen molar-refractivity contribution in [2.45, 2.75) is 6.92 Å². The van der Waals surface area contributed by atoms with Crippen LogP contribution >= 0.6 is 0 Å². The van der Waals surface area contributed by atoms with Crippen LogP contribution in [0.3, 0.4) is 0 Å². The third-order valence-corrected chi connectivity index (χ3v) is 1.26. The molecule has 0 spiro atoms. The normalized spacial score (nSPS) is 9.82. The van der Waals surface area contributed by atoms with E-state index < -0.39 is 0 Å². The van der Waals surface area contributed by atoms with Gasteiger partial charge in [-0.05, 0) is 24.6 Å². The molecule has 2 nitrogen and oxygen atoms in total. The smallest absolute Gasteiger partial charge is 0.0912 e. The van der Waals surface area contributed by atoms with Gasteiger partial charge in [-0.3, -0.25) is 4.98 Å². The second-order valence-electron chi connectivity index (χ2n) is 2.22. The Balaban J connectivity index is 2.84. The van der Waals surface area contributed by atoms with Gasteiger partial charge < -0.3 is 0 Å². The minimum absolute atomic E-state index is 0.817. The van der Waals surface area contributed by atoms with Crippen LogP contribution in [0, 0.1) is 18.3 Å². The SMILES string of the molecule is Cc1ccc(/C=C/C#N)nc1. The lowest BCUT2D eigenvalue weighted by molar-refractivity contribution is 1.24. The number of aryl methyl sites for hydroxylation is 1. The van der Waals surface area contributed by atoms with Crippen molar-refractivity contribution in [3.05, 3.63) is 35.7 Å². The number of hydrogen-bond acceptors (Lipinski definition) is 2. The van der Waals surface area contributed by atoms with Crippen LogP contribution in [0.2, 0.25) is 0 Å². The standard InChI is InChI=1S/C9H8N2/c1-8-4-5-9(11-7-8)3-2-6-10/h2-5,7H,1H3/b3-2+. The van der Waals surface area contributed by atoms with Crippen LogP contribution in [-0.4, -0.2) is 4.98 Å². The Bertz CT molecular complexity index is 290. The molecular weight excluding hydrogens is 136 g/mol. The van der Waals surface area contributed by atoms with Gasteiger partial charge in [0.15, 0.2) is 0 Å². The molecule has 0 N–H and O–H groups in total. The second kappa shape index (κ2) is 3.52. The van der Waals surface area contributed by atoms with Crippen molar-refractivity contribution in [1.82, 2.24) is 4.98 Å². The Morgan fingerprint density at radius 3 is 2.91 bits per heavy atom. The number of aromatic nitrogens is 1. The lowest BCUT2D eigenvalue weighted by Gasteiger charge is -1.91. The predicted molar refractivity (Wildman–Crippen MR) is 43.6 cm³/mol. The van der Waals surface area contributed by atoms with Gasteiger partial charge in [0, 0.05) is 12.3 Å². The van der Waals surface area contributed by atoms with E-state index in [9.17, 15) is 0 Å². The molecule has 0 aromatic carbocycles. The van der Waals surface area contributed by atoms with E-state index >= 15 is 0 Å². The van der Waals surface area contributed by atoms with Crippen molar-refractivity contribution in [3.8, 4) is 6.07 Å². The van der Waals surface area contributed by atoms with Crippen LogP contribution in [0.1, 0.15) is 11.3 Å². The number of allylic oxidation sites excluding steroid dienone is 1. The van der Waals surface area contributed by atoms with E-state index in [0.717, 1.165) is 11.3 Å². The molecule has 1 aromatic rings. The van der Waals surface area contributed by atoms with Crippen molar-refractivity contribution in [2.75, 3.05) is 0 Å². The Labute approximate surface area is 65.8 Å². The quantitative estimate of drug-likeness (QED) is 0.564. The maximum absolute atomic E-state index is 8.22. The zero-order chi connectivity index (χ0) is 8.10. The Morgan fingerprint density at radius 2 is 2.36 bits per heavy atom. The Morgan fingerprint density at radius 1 is 1.55 bits per heavy atom. The molecule has 1 aromatic heterocycles. The van der Waals surface area contributed by atoms with Crippen LogP contribution in [0.5, 0.6) is 0 Å². The predicted octanol–water partition coefficient (Wildman–Crippen LogP) is 1.93. The fourth-order valence-corrected chi connectivity index (χ4v) is 0.700. The highest BCUT2D eigenvalue weighted by molar-refractivity contribution is 5.47. The first kappa shape index (κ1) is 7.49. The molecule has 0 fully saturated rings. The van der Waals surface area contributed by atoms with Crippen LogP contribution < -0.4 is 0 Å². The number of hydrogen-bond donors (Lipinski definition) is 0. The number of rotatable bonds is 1. The highest BCUT2D eigenvalue weighted by atomic mass is 14.7. The lowest BCUT2D eigenvalue weighted by Crippen LogP contribution is -1.79. The molecule has 0 unspecified atom stereocenters. The zero-order valence-corrected chi connectivity index (χ0v) is 6.28. The van der Waals surface area contributed by atoms with Gasteiger partial charge in [-0.2, -0.15) is 5.26 Å². The van der Waals surface area contributed by atoms with Gasteiger partial charge in [0.25, 0.3) is 0 Å². The minimum atomic E-state index is 0.817. The Hall–Kier alpha value is -1.62. The molecule has 2 heteroatoms. The van der Waals surface area contributed by atoms with Gasteiger partial charge in [-0.15, -0.1) is 0 Å². The fraction of sp³-hybridized carbons (Fsp3) is 0.111. The summed E-state index contributed by atoms with van der Waals surface area (Å²) in [6, 6.07) is 5.75. The minimum Gasteiger partial charge on any atom is -0.257 e. The topological polar surface area (TPSA) is 36.7 Å². The lowest BCUT2D eigenvalue weighted by atomic mass is 10.2. The molecule has 0 bridgehead atoms. The van der Waals surface area contributed by atoms with Gasteiger partial charge in [-0.1, -0.05) is 6.07 Å². The first-order chi connectivity index (χ1) is 5.33. The molecule has 0 radical (unpaired) electrons. The maximum Gasteiger partial charge on any atom is 0.0912 e. The number of nitriles is 1. The highest BCUT2D eigenvalue weighted by Crippen LogP contribution is 1.99. The average molecular weight is 144 g/mol. The number of nitrogens with zero attached hydrogens (tertiary/aromatic N) is 2. The zero-order valence-electron chi connectivity index (χ0n) is 6.28. The molecule has 0 aliphatic heterocycles. The van der Waals surface area contributed by atoms with Crippen molar-refractivity contribution < 1.29 is 0 Å². The largest absolute Gasteiger partial charge is 0.257 e. The van der Waals surface area contributed by atoms with Crippen molar-refractivity contribution in [2.24, 2.45) is 0 Å². The fourth-order valence-electron chi connectivity index (χ4n) is 0.700. The van der Waals surface area contributed by atoms with E-state index in [2.05, 4.69) is 4.98 Å². The summed E-state index contributed by atoms with van der Waals surface area (Å²) >= 11 is 0. The van der Waals surface area contributed by atoms with E-state index in [0.29, 0.717) is 0 Å². The van der Waals surface area contributed by atoms with Gasteiger partial charge in [-0.25, -0.2) is 0 Å². The molecule has 1 heterocycles. The van der Waals surface area contributed by atoms with Crippen LogP contribution in [0.4, 0.5) is 0 Å². The maximum atomic E-state index is 8.22. The molecule has 0 saturated heterocycles. The van der Waals surface area contributed by atoms with Crippen LogP contribution in [-0.2, 0) is 0 Å². The van der Waals surface area contributed by atoms with Crippen molar-refractivity contribution in [3.63, 3.8) is 0 Å². The molecule has 0 saturated carbocycles. The summed E-state index contributed by atoms with van der Waals surface area (Å²) in [5.74, 6) is 0. The van der Waals surface area contributed by atoms with Crippen molar-refractivity contribution in [1.29, 1.82) is 5.26 Å². The summed E-state index contributed by atoms with van der Waals surface area (Å²) < 4.78 is 0. The van der Waals surface area contributed by atoms with Gasteiger partial charge in [0.2, 0.25) is 0 Å². The third kappa shape index (κ3) is 2.23. The first-order valence-electron chi connectivity index (χ1n) is 3.32. The second-order valence-corrected chi connectivity index (χ2v) is 2.22. The summed E-state index contributed by atoms with van der Waals surface area (Å²) in [5, 5.41) is 8.22. The average Bonchev–Trinajstić information content (AvgIpc) is 2.04. The van der Waals surface area contributed by atoms with E-state index in [4.69, 9.17) is 5.26 Å². The number of pyridine rings is 1. The summed E-state index contributed by atoms with van der Waals surface area (Å²) in [5.41, 5.74) is 1.94. The summed E-state index contributed by atoms with van der Waals surface area (Å²) in [6.07, 6.45) is 4.87. The molecule has 0 atom stereocenters. The molecule has 0 aliphatic carbocycles. The van der Waals surface area contributed by atoms with Crippen LogP contribution in [0.25, 0.3) is 6.08 Å².